The van der Waals surface area contributed by atoms with Crippen molar-refractivity contribution >= 4 is 17.7 Å². The van der Waals surface area contributed by atoms with Crippen molar-refractivity contribution in [1.82, 2.24) is 9.80 Å². The van der Waals surface area contributed by atoms with Gasteiger partial charge in [-0.2, -0.15) is 5.26 Å². The summed E-state index contributed by atoms with van der Waals surface area (Å²) in [6.07, 6.45) is 6.71. The van der Waals surface area contributed by atoms with Crippen LogP contribution in [0, 0.1) is 28.9 Å². The normalized spacial score (nSPS) is 20.5. The van der Waals surface area contributed by atoms with Gasteiger partial charge in [-0.15, -0.1) is 0 Å². The van der Waals surface area contributed by atoms with Gasteiger partial charge in [0.1, 0.15) is 11.6 Å². The summed E-state index contributed by atoms with van der Waals surface area (Å²) in [7, 11) is 0. The molecule has 0 aromatic heterocycles. The third-order valence-electron chi connectivity index (χ3n) is 8.12. The molecule has 0 radical (unpaired) electrons. The predicted octanol–water partition coefficient (Wildman–Crippen LogP) is 3.95. The van der Waals surface area contributed by atoms with E-state index >= 15 is 0 Å². The van der Waals surface area contributed by atoms with E-state index in [4.69, 9.17) is 0 Å². The monoisotopic (exact) mass is 506 g/mol. The Labute approximate surface area is 216 Å². The first-order valence-electron chi connectivity index (χ1n) is 13.0. The molecular formula is C29H32F2N4O2. The number of nitriles is 1. The molecule has 2 fully saturated rings. The number of β-amino-alcohol motifs (C(OH)–C–C–N with tert-alkyl or cyclic N) is 1. The molecule has 0 bridgehead atoms. The molecule has 3 aliphatic heterocycles. The first-order valence-corrected chi connectivity index (χ1v) is 13.0. The SMILES string of the molecule is N#Cc1ccc2c(c1)CC1(CCN(C[C@H](O)C3CCN(C(=O)/C=C/c4cc(F)cc(F)c4)CC3)CC1)N2. The minimum atomic E-state index is -0.676. The van der Waals surface area contributed by atoms with Crippen LogP contribution in [-0.4, -0.2) is 65.2 Å². The molecule has 37 heavy (non-hydrogen) atoms. The number of nitrogens with one attached hydrogen (secondary N) is 1. The highest BCUT2D eigenvalue weighted by molar-refractivity contribution is 5.91. The number of piperidine rings is 2. The Morgan fingerprint density at radius 1 is 1.14 bits per heavy atom. The Morgan fingerprint density at radius 3 is 2.51 bits per heavy atom. The number of nitrogens with zero attached hydrogens (tertiary/aromatic N) is 3. The molecule has 6 nitrogen and oxygen atoms in total. The number of hydrogen-bond donors (Lipinski definition) is 2. The van der Waals surface area contributed by atoms with Crippen LogP contribution in [0.2, 0.25) is 0 Å². The van der Waals surface area contributed by atoms with Crippen molar-refractivity contribution in [3.05, 3.63) is 70.8 Å². The maximum absolute atomic E-state index is 13.3. The second-order valence-corrected chi connectivity index (χ2v) is 10.6. The summed E-state index contributed by atoms with van der Waals surface area (Å²) in [6.45, 7) is 3.56. The molecule has 3 aliphatic rings. The zero-order chi connectivity index (χ0) is 26.0. The molecule has 2 saturated heterocycles. The largest absolute Gasteiger partial charge is 0.392 e. The van der Waals surface area contributed by atoms with Gasteiger partial charge in [-0.25, -0.2) is 8.78 Å². The molecule has 1 atom stereocenters. The Hall–Kier alpha value is -3.28. The zero-order valence-electron chi connectivity index (χ0n) is 20.8. The average molecular weight is 507 g/mol. The Balaban J connectivity index is 1.06. The van der Waals surface area contributed by atoms with Crippen molar-refractivity contribution in [2.75, 3.05) is 38.0 Å². The van der Waals surface area contributed by atoms with Gasteiger partial charge in [0, 0.05) is 56.1 Å². The van der Waals surface area contributed by atoms with Crippen LogP contribution in [0.5, 0.6) is 0 Å². The minimum Gasteiger partial charge on any atom is -0.392 e. The number of rotatable bonds is 5. The van der Waals surface area contributed by atoms with E-state index in [1.165, 1.54) is 29.8 Å². The summed E-state index contributed by atoms with van der Waals surface area (Å²) >= 11 is 0. The highest BCUT2D eigenvalue weighted by Gasteiger charge is 2.40. The lowest BCUT2D eigenvalue weighted by molar-refractivity contribution is -0.128. The van der Waals surface area contributed by atoms with Crippen LogP contribution in [0.1, 0.15) is 42.4 Å². The van der Waals surface area contributed by atoms with Gasteiger partial charge in [-0.05, 0) is 85.6 Å². The van der Waals surface area contributed by atoms with E-state index in [1.807, 2.05) is 18.2 Å². The Morgan fingerprint density at radius 2 is 1.84 bits per heavy atom. The summed E-state index contributed by atoms with van der Waals surface area (Å²) < 4.78 is 26.7. The fourth-order valence-corrected chi connectivity index (χ4v) is 5.95. The van der Waals surface area contributed by atoms with E-state index < -0.39 is 17.7 Å². The molecule has 1 amide bonds. The number of anilines is 1. The lowest BCUT2D eigenvalue weighted by Crippen LogP contribution is -2.51. The third-order valence-corrected chi connectivity index (χ3v) is 8.12. The van der Waals surface area contributed by atoms with Crippen molar-refractivity contribution in [2.45, 2.75) is 43.7 Å². The van der Waals surface area contributed by atoms with Crippen LogP contribution in [0.3, 0.4) is 0 Å². The predicted molar refractivity (Wildman–Crippen MR) is 138 cm³/mol. The van der Waals surface area contributed by atoms with E-state index in [0.29, 0.717) is 30.8 Å². The van der Waals surface area contributed by atoms with E-state index in [9.17, 15) is 23.9 Å². The van der Waals surface area contributed by atoms with Gasteiger partial charge < -0.3 is 20.2 Å². The number of halogens is 2. The molecule has 1 spiro atoms. The number of carbonyl (C=O) groups is 1. The standard InChI is InChI=1S/C29H32F2N4O2/c30-24-14-20(15-25(31)16-24)2-4-28(37)35-9-5-22(6-10-35)27(36)19-34-11-7-29(8-12-34)17-23-13-21(18-32)1-3-26(23)33-29/h1-4,13-16,22,27,33,36H,5-12,17,19H2/b4-2+/t27-/m0/s1. The van der Waals surface area contributed by atoms with Crippen LogP contribution in [-0.2, 0) is 11.2 Å². The molecule has 0 saturated carbocycles. The number of carbonyl (C=O) groups excluding carboxylic acids is 1. The van der Waals surface area contributed by atoms with Gasteiger partial charge >= 0.3 is 0 Å². The molecule has 0 aliphatic carbocycles. The average Bonchev–Trinajstić information content (AvgIpc) is 3.25. The summed E-state index contributed by atoms with van der Waals surface area (Å²) in [4.78, 5) is 16.6. The fourth-order valence-electron chi connectivity index (χ4n) is 5.95. The van der Waals surface area contributed by atoms with Crippen molar-refractivity contribution in [3.63, 3.8) is 0 Å². The number of fused-ring (bicyclic) bond motifs is 1. The van der Waals surface area contributed by atoms with E-state index in [0.717, 1.165) is 56.9 Å². The van der Waals surface area contributed by atoms with Crippen LogP contribution < -0.4 is 5.32 Å². The number of likely N-dealkylation sites (tertiary alicyclic amines) is 2. The third kappa shape index (κ3) is 5.84. The Kier molecular flexibility index (Phi) is 7.27. The van der Waals surface area contributed by atoms with Crippen LogP contribution >= 0.6 is 0 Å². The fraction of sp³-hybridized carbons (Fsp3) is 0.448. The lowest BCUT2D eigenvalue weighted by Gasteiger charge is -2.42. The highest BCUT2D eigenvalue weighted by atomic mass is 19.1. The smallest absolute Gasteiger partial charge is 0.246 e. The second kappa shape index (κ2) is 10.6. The van der Waals surface area contributed by atoms with Crippen LogP contribution in [0.4, 0.5) is 14.5 Å². The number of hydrogen-bond acceptors (Lipinski definition) is 5. The van der Waals surface area contributed by atoms with E-state index in [1.54, 1.807) is 4.90 Å². The first-order chi connectivity index (χ1) is 17.8. The summed E-state index contributed by atoms with van der Waals surface area (Å²) in [5, 5.41) is 23.8. The van der Waals surface area contributed by atoms with Gasteiger partial charge in [-0.3, -0.25) is 4.79 Å². The first kappa shape index (κ1) is 25.4. The van der Waals surface area contributed by atoms with Gasteiger partial charge in [0.15, 0.2) is 0 Å². The molecule has 2 aromatic rings. The number of benzene rings is 2. The molecular weight excluding hydrogens is 474 g/mol. The van der Waals surface area contributed by atoms with Crippen molar-refractivity contribution < 1.29 is 18.7 Å². The van der Waals surface area contributed by atoms with E-state index in [2.05, 4.69) is 16.3 Å². The lowest BCUT2D eigenvalue weighted by atomic mass is 9.84. The van der Waals surface area contributed by atoms with Gasteiger partial charge in [0.2, 0.25) is 5.91 Å². The number of aliphatic hydroxyl groups excluding tert-OH is 1. The maximum atomic E-state index is 13.3. The molecule has 0 unspecified atom stereocenters. The number of amides is 1. The summed E-state index contributed by atoms with van der Waals surface area (Å²) in [5.74, 6) is -1.40. The Bertz CT molecular complexity index is 1200. The van der Waals surface area contributed by atoms with E-state index in [-0.39, 0.29) is 17.4 Å². The van der Waals surface area contributed by atoms with Gasteiger partial charge in [-0.1, -0.05) is 0 Å². The second-order valence-electron chi connectivity index (χ2n) is 10.6. The van der Waals surface area contributed by atoms with Crippen molar-refractivity contribution in [2.24, 2.45) is 5.92 Å². The van der Waals surface area contributed by atoms with Crippen molar-refractivity contribution in [1.29, 1.82) is 5.26 Å². The topological polar surface area (TPSA) is 79.6 Å². The van der Waals surface area contributed by atoms with Gasteiger partial charge in [0.25, 0.3) is 0 Å². The number of aliphatic hydroxyl groups is 1. The molecule has 8 heteroatoms. The zero-order valence-corrected chi connectivity index (χ0v) is 20.8. The summed E-state index contributed by atoms with van der Waals surface area (Å²) in [6, 6.07) is 11.2. The summed E-state index contributed by atoms with van der Waals surface area (Å²) in [5.41, 5.74) is 3.39. The molecule has 2 aromatic carbocycles. The molecule has 3 heterocycles. The highest BCUT2D eigenvalue weighted by Crippen LogP contribution is 2.39. The maximum Gasteiger partial charge on any atom is 0.246 e. The molecule has 5 rings (SSSR count). The van der Waals surface area contributed by atoms with Crippen LogP contribution in [0.15, 0.2) is 42.5 Å². The minimum absolute atomic E-state index is 0.0361. The molecule has 194 valence electrons. The molecule has 2 N–H and O–H groups in total. The van der Waals surface area contributed by atoms with Crippen LogP contribution in [0.25, 0.3) is 6.08 Å². The van der Waals surface area contributed by atoms with Crippen molar-refractivity contribution in [3.8, 4) is 6.07 Å². The van der Waals surface area contributed by atoms with Gasteiger partial charge in [0.05, 0.1) is 17.7 Å². The quantitative estimate of drug-likeness (QED) is 0.601.